The lowest BCUT2D eigenvalue weighted by Crippen LogP contribution is -2.08. The van der Waals surface area contributed by atoms with Gasteiger partial charge in [0.05, 0.1) is 16.1 Å². The lowest BCUT2D eigenvalue weighted by molar-refractivity contribution is 0.112. The Bertz CT molecular complexity index is 305. The van der Waals surface area contributed by atoms with Crippen LogP contribution in [0.25, 0.3) is 0 Å². The minimum absolute atomic E-state index is 0.296. The normalized spacial score (nSPS) is 16.2. The molecule has 0 N–H and O–H groups in total. The molecule has 0 atom stereocenters. The Morgan fingerprint density at radius 1 is 1.15 bits per heavy atom. The first-order valence-corrected chi connectivity index (χ1v) is 4.96. The third kappa shape index (κ3) is 1.69. The van der Waals surface area contributed by atoms with Crippen LogP contribution in [0.4, 0.5) is 0 Å². The van der Waals surface area contributed by atoms with Crippen LogP contribution in [0.3, 0.4) is 0 Å². The molecule has 1 aliphatic rings. The van der Waals surface area contributed by atoms with Gasteiger partial charge in [-0.3, -0.25) is 0 Å². The van der Waals surface area contributed by atoms with Crippen molar-refractivity contribution in [1.29, 1.82) is 0 Å². The summed E-state index contributed by atoms with van der Waals surface area (Å²) in [5.74, 6) is 0. The number of fused-ring (bicyclic) bond motifs is 1. The first kappa shape index (κ1) is 9.32. The minimum Gasteiger partial charge on any atom is -0.381 e. The number of halogens is 2. The van der Waals surface area contributed by atoms with Gasteiger partial charge in [-0.1, -0.05) is 23.2 Å². The Labute approximate surface area is 87.6 Å². The van der Waals surface area contributed by atoms with Crippen LogP contribution < -0.4 is 0 Å². The van der Waals surface area contributed by atoms with E-state index in [4.69, 9.17) is 27.9 Å². The first-order valence-electron chi connectivity index (χ1n) is 4.20. The van der Waals surface area contributed by atoms with Crippen LogP contribution in [0.2, 0.25) is 10.0 Å². The zero-order valence-electron chi connectivity index (χ0n) is 7.31. The maximum Gasteiger partial charge on any atom is 0.0652 e. The number of rotatable bonds is 1. The van der Waals surface area contributed by atoms with E-state index in [0.717, 1.165) is 12.8 Å². The summed E-state index contributed by atoms with van der Waals surface area (Å²) in [5, 5.41) is 1.27. The van der Waals surface area contributed by atoms with Crippen LogP contribution in [-0.2, 0) is 17.6 Å². The standard InChI is InChI=1S/C10H10Cl2O/c1-13-8-2-6-4-9(11)10(12)5-7(6)3-8/h4-5,8H,2-3H2,1H3. The number of hydrogen-bond donors (Lipinski definition) is 0. The van der Waals surface area contributed by atoms with Gasteiger partial charge in [-0.2, -0.15) is 0 Å². The maximum atomic E-state index is 5.91. The van der Waals surface area contributed by atoms with E-state index >= 15 is 0 Å². The molecular formula is C10H10Cl2O. The Kier molecular flexibility index (Phi) is 2.50. The molecule has 0 spiro atoms. The largest absolute Gasteiger partial charge is 0.381 e. The third-order valence-corrected chi connectivity index (χ3v) is 3.19. The summed E-state index contributed by atoms with van der Waals surface area (Å²) in [5.41, 5.74) is 2.53. The fraction of sp³-hybridized carbons (Fsp3) is 0.400. The average molecular weight is 217 g/mol. The highest BCUT2D eigenvalue weighted by Crippen LogP contribution is 2.31. The Balaban J connectivity index is 2.36. The fourth-order valence-electron chi connectivity index (χ4n) is 1.74. The Morgan fingerprint density at radius 2 is 1.62 bits per heavy atom. The van der Waals surface area contributed by atoms with Crippen LogP contribution >= 0.6 is 23.2 Å². The second-order valence-corrected chi connectivity index (χ2v) is 4.12. The monoisotopic (exact) mass is 216 g/mol. The van der Waals surface area contributed by atoms with Gasteiger partial charge in [0, 0.05) is 7.11 Å². The van der Waals surface area contributed by atoms with Crippen LogP contribution in [0.15, 0.2) is 12.1 Å². The number of methoxy groups -OCH3 is 1. The predicted octanol–water partition coefficient (Wildman–Crippen LogP) is 3.11. The van der Waals surface area contributed by atoms with Crippen molar-refractivity contribution >= 4 is 23.2 Å². The van der Waals surface area contributed by atoms with Gasteiger partial charge >= 0.3 is 0 Å². The van der Waals surface area contributed by atoms with Crippen LogP contribution in [0, 0.1) is 0 Å². The number of benzene rings is 1. The second kappa shape index (κ2) is 3.49. The highest BCUT2D eigenvalue weighted by molar-refractivity contribution is 6.42. The van der Waals surface area contributed by atoms with E-state index in [-0.39, 0.29) is 0 Å². The van der Waals surface area contributed by atoms with Crippen molar-refractivity contribution in [2.45, 2.75) is 18.9 Å². The molecule has 1 aromatic rings. The number of ether oxygens (including phenoxy) is 1. The van der Waals surface area contributed by atoms with Gasteiger partial charge in [0.2, 0.25) is 0 Å². The summed E-state index contributed by atoms with van der Waals surface area (Å²) >= 11 is 11.8. The van der Waals surface area contributed by atoms with Crippen molar-refractivity contribution in [3.8, 4) is 0 Å². The lowest BCUT2D eigenvalue weighted by atomic mass is 10.1. The average Bonchev–Trinajstić information content (AvgIpc) is 2.48. The van der Waals surface area contributed by atoms with Crippen LogP contribution in [-0.4, -0.2) is 13.2 Å². The van der Waals surface area contributed by atoms with E-state index in [0.29, 0.717) is 16.1 Å². The third-order valence-electron chi connectivity index (χ3n) is 2.47. The molecule has 13 heavy (non-hydrogen) atoms. The fourth-order valence-corrected chi connectivity index (χ4v) is 2.11. The van der Waals surface area contributed by atoms with Crippen molar-refractivity contribution in [1.82, 2.24) is 0 Å². The molecule has 1 nitrogen and oxygen atoms in total. The molecule has 0 amide bonds. The number of hydrogen-bond acceptors (Lipinski definition) is 1. The van der Waals surface area contributed by atoms with Crippen molar-refractivity contribution < 1.29 is 4.74 Å². The zero-order chi connectivity index (χ0) is 9.42. The molecule has 0 unspecified atom stereocenters. The molecule has 0 aromatic heterocycles. The summed E-state index contributed by atoms with van der Waals surface area (Å²) in [6.07, 6.45) is 2.19. The highest BCUT2D eigenvalue weighted by Gasteiger charge is 2.21. The van der Waals surface area contributed by atoms with Gasteiger partial charge in [0.15, 0.2) is 0 Å². The summed E-state index contributed by atoms with van der Waals surface area (Å²) < 4.78 is 5.29. The summed E-state index contributed by atoms with van der Waals surface area (Å²) in [6, 6.07) is 3.89. The molecule has 0 radical (unpaired) electrons. The van der Waals surface area contributed by atoms with Gasteiger partial charge in [-0.05, 0) is 36.1 Å². The van der Waals surface area contributed by atoms with E-state index < -0.39 is 0 Å². The SMILES string of the molecule is COC1Cc2cc(Cl)c(Cl)cc2C1. The van der Waals surface area contributed by atoms with Gasteiger partial charge in [0.25, 0.3) is 0 Å². The maximum absolute atomic E-state index is 5.91. The molecule has 70 valence electrons. The van der Waals surface area contributed by atoms with Gasteiger partial charge in [-0.15, -0.1) is 0 Å². The zero-order valence-corrected chi connectivity index (χ0v) is 8.82. The summed E-state index contributed by atoms with van der Waals surface area (Å²) in [6.45, 7) is 0. The summed E-state index contributed by atoms with van der Waals surface area (Å²) in [7, 11) is 1.74. The van der Waals surface area contributed by atoms with Crippen molar-refractivity contribution in [2.75, 3.05) is 7.11 Å². The Hall–Kier alpha value is -0.240. The van der Waals surface area contributed by atoms with Crippen LogP contribution in [0.5, 0.6) is 0 Å². The van der Waals surface area contributed by atoms with E-state index in [9.17, 15) is 0 Å². The molecule has 2 rings (SSSR count). The van der Waals surface area contributed by atoms with E-state index in [1.54, 1.807) is 7.11 Å². The predicted molar refractivity (Wildman–Crippen MR) is 54.7 cm³/mol. The smallest absolute Gasteiger partial charge is 0.0652 e. The molecule has 0 saturated heterocycles. The van der Waals surface area contributed by atoms with Gasteiger partial charge in [0.1, 0.15) is 0 Å². The molecule has 1 aliphatic carbocycles. The van der Waals surface area contributed by atoms with Gasteiger partial charge in [-0.25, -0.2) is 0 Å². The Morgan fingerprint density at radius 3 is 2.00 bits per heavy atom. The molecule has 0 heterocycles. The quantitative estimate of drug-likeness (QED) is 0.702. The topological polar surface area (TPSA) is 9.23 Å². The molecule has 0 fully saturated rings. The van der Waals surface area contributed by atoms with E-state index in [1.165, 1.54) is 11.1 Å². The first-order chi connectivity index (χ1) is 6.20. The van der Waals surface area contributed by atoms with Crippen LogP contribution in [0.1, 0.15) is 11.1 Å². The van der Waals surface area contributed by atoms with Gasteiger partial charge < -0.3 is 4.74 Å². The van der Waals surface area contributed by atoms with E-state index in [2.05, 4.69) is 0 Å². The molecule has 1 aromatic carbocycles. The second-order valence-electron chi connectivity index (χ2n) is 3.30. The lowest BCUT2D eigenvalue weighted by Gasteiger charge is -2.03. The summed E-state index contributed by atoms with van der Waals surface area (Å²) in [4.78, 5) is 0. The van der Waals surface area contributed by atoms with Crippen molar-refractivity contribution in [3.05, 3.63) is 33.3 Å². The molecule has 0 saturated carbocycles. The highest BCUT2D eigenvalue weighted by atomic mass is 35.5. The van der Waals surface area contributed by atoms with Crippen molar-refractivity contribution in [2.24, 2.45) is 0 Å². The minimum atomic E-state index is 0.296. The molecular weight excluding hydrogens is 207 g/mol. The van der Waals surface area contributed by atoms with E-state index in [1.807, 2.05) is 12.1 Å². The molecule has 0 aliphatic heterocycles. The van der Waals surface area contributed by atoms with Crippen molar-refractivity contribution in [3.63, 3.8) is 0 Å². The molecule has 0 bridgehead atoms. The molecule has 3 heteroatoms.